The molecule has 1 amide bonds. The summed E-state index contributed by atoms with van der Waals surface area (Å²) in [6.07, 6.45) is 2.16. The Morgan fingerprint density at radius 1 is 1.47 bits per heavy atom. The molecule has 19 heavy (non-hydrogen) atoms. The first kappa shape index (κ1) is 13.6. The van der Waals surface area contributed by atoms with Crippen LogP contribution in [0, 0.1) is 12.3 Å². The molecule has 2 rings (SSSR count). The number of furan rings is 1. The predicted molar refractivity (Wildman–Crippen MR) is 69.1 cm³/mol. The zero-order valence-corrected chi connectivity index (χ0v) is 11.5. The molecule has 0 bridgehead atoms. The van der Waals surface area contributed by atoms with E-state index in [1.807, 2.05) is 0 Å². The number of likely N-dealkylation sites (tertiary alicyclic amines) is 1. The Hall–Kier alpha value is -1.78. The quantitative estimate of drug-likeness (QED) is 0.908. The number of nitrogens with zero attached hydrogens (tertiary/aromatic N) is 1. The highest BCUT2D eigenvalue weighted by Crippen LogP contribution is 2.31. The molecule has 0 saturated carbocycles. The monoisotopic (exact) mass is 265 g/mol. The molecule has 0 radical (unpaired) electrons. The summed E-state index contributed by atoms with van der Waals surface area (Å²) in [5.74, 6) is -0.863. The van der Waals surface area contributed by atoms with Crippen molar-refractivity contribution in [2.45, 2.75) is 33.6 Å². The molecule has 104 valence electrons. The average Bonchev–Trinajstić information content (AvgIpc) is 2.81. The van der Waals surface area contributed by atoms with E-state index in [2.05, 4.69) is 13.8 Å². The third-order valence-corrected chi connectivity index (χ3v) is 3.54. The summed E-state index contributed by atoms with van der Waals surface area (Å²) >= 11 is 0. The van der Waals surface area contributed by atoms with E-state index in [1.54, 1.807) is 11.8 Å². The van der Waals surface area contributed by atoms with E-state index >= 15 is 0 Å². The van der Waals surface area contributed by atoms with Crippen molar-refractivity contribution in [3.63, 3.8) is 0 Å². The van der Waals surface area contributed by atoms with Crippen LogP contribution in [0.1, 0.15) is 41.9 Å². The number of carboxylic acid groups (broad SMARTS) is 1. The maximum absolute atomic E-state index is 12.5. The van der Waals surface area contributed by atoms with Crippen LogP contribution in [-0.2, 0) is 11.2 Å². The van der Waals surface area contributed by atoms with Gasteiger partial charge in [-0.25, -0.2) is 0 Å². The van der Waals surface area contributed by atoms with Crippen molar-refractivity contribution in [1.82, 2.24) is 4.90 Å². The van der Waals surface area contributed by atoms with E-state index in [-0.39, 0.29) is 23.5 Å². The zero-order valence-electron chi connectivity index (χ0n) is 11.5. The van der Waals surface area contributed by atoms with Crippen LogP contribution >= 0.6 is 0 Å². The number of aliphatic carboxylic acids is 1. The second-order valence-electron chi connectivity index (χ2n) is 5.93. The molecule has 1 N–H and O–H groups in total. The Bertz CT molecular complexity index is 516. The molecule has 5 nitrogen and oxygen atoms in total. The van der Waals surface area contributed by atoms with Crippen LogP contribution in [0.25, 0.3) is 0 Å². The van der Waals surface area contributed by atoms with Crippen molar-refractivity contribution in [3.8, 4) is 0 Å². The third kappa shape index (κ3) is 2.80. The Morgan fingerprint density at radius 2 is 2.16 bits per heavy atom. The van der Waals surface area contributed by atoms with Gasteiger partial charge in [0.25, 0.3) is 5.91 Å². The van der Waals surface area contributed by atoms with Crippen LogP contribution in [0.15, 0.2) is 10.7 Å². The minimum atomic E-state index is -0.995. The Balaban J connectivity index is 2.24. The lowest BCUT2D eigenvalue weighted by Crippen LogP contribution is -2.31. The molecule has 1 fully saturated rings. The van der Waals surface area contributed by atoms with Crippen LogP contribution in [0.3, 0.4) is 0 Å². The van der Waals surface area contributed by atoms with Gasteiger partial charge in [-0.2, -0.15) is 0 Å². The SMILES string of the molecule is Cc1coc(CC(=O)O)c1C(=O)N1CCC(C)(C)C1. The van der Waals surface area contributed by atoms with Crippen LogP contribution in [0.4, 0.5) is 0 Å². The molecule has 0 atom stereocenters. The first-order valence-electron chi connectivity index (χ1n) is 6.38. The van der Waals surface area contributed by atoms with Gasteiger partial charge in [-0.05, 0) is 18.8 Å². The number of carbonyl (C=O) groups excluding carboxylic acids is 1. The maximum atomic E-state index is 12.5. The van der Waals surface area contributed by atoms with Gasteiger partial charge in [-0.1, -0.05) is 13.8 Å². The van der Waals surface area contributed by atoms with Crippen molar-refractivity contribution in [1.29, 1.82) is 0 Å². The first-order chi connectivity index (χ1) is 8.80. The number of aryl methyl sites for hydroxylation is 1. The summed E-state index contributed by atoms with van der Waals surface area (Å²) in [5.41, 5.74) is 1.24. The fraction of sp³-hybridized carbons (Fsp3) is 0.571. The lowest BCUT2D eigenvalue weighted by atomic mass is 9.93. The van der Waals surface area contributed by atoms with Gasteiger partial charge in [0.2, 0.25) is 0 Å². The highest BCUT2D eigenvalue weighted by atomic mass is 16.4. The molecule has 0 unspecified atom stereocenters. The van der Waals surface area contributed by atoms with Gasteiger partial charge in [0.1, 0.15) is 12.2 Å². The highest BCUT2D eigenvalue weighted by Gasteiger charge is 2.34. The lowest BCUT2D eigenvalue weighted by molar-refractivity contribution is -0.136. The van der Waals surface area contributed by atoms with Crippen molar-refractivity contribution in [3.05, 3.63) is 23.2 Å². The lowest BCUT2D eigenvalue weighted by Gasteiger charge is -2.20. The van der Waals surface area contributed by atoms with Crippen LogP contribution in [-0.4, -0.2) is 35.0 Å². The summed E-state index contributed by atoms with van der Waals surface area (Å²) in [4.78, 5) is 25.1. The molecule has 1 aliphatic rings. The molecule has 1 aromatic rings. The van der Waals surface area contributed by atoms with E-state index in [9.17, 15) is 9.59 Å². The van der Waals surface area contributed by atoms with Crippen LogP contribution in [0.5, 0.6) is 0 Å². The summed E-state index contributed by atoms with van der Waals surface area (Å²) in [5, 5.41) is 8.85. The fourth-order valence-corrected chi connectivity index (χ4v) is 2.50. The van der Waals surface area contributed by atoms with Crippen LogP contribution < -0.4 is 0 Å². The fourth-order valence-electron chi connectivity index (χ4n) is 2.50. The van der Waals surface area contributed by atoms with E-state index in [1.165, 1.54) is 6.26 Å². The second kappa shape index (κ2) is 4.72. The number of hydrogen-bond acceptors (Lipinski definition) is 3. The standard InChI is InChI=1S/C14H19NO4/c1-9-7-19-10(6-11(16)17)12(9)13(18)15-5-4-14(2,3)8-15/h7H,4-6,8H2,1-3H3,(H,16,17). The molecule has 2 heterocycles. The summed E-state index contributed by atoms with van der Waals surface area (Å²) in [6.45, 7) is 7.43. The van der Waals surface area contributed by atoms with Gasteiger partial charge in [0, 0.05) is 18.7 Å². The third-order valence-electron chi connectivity index (χ3n) is 3.54. The molecular formula is C14H19NO4. The number of carbonyl (C=O) groups is 2. The summed E-state index contributed by atoms with van der Waals surface area (Å²) in [6, 6.07) is 0. The predicted octanol–water partition coefficient (Wildman–Crippen LogP) is 2.09. The Labute approximate surface area is 112 Å². The van der Waals surface area contributed by atoms with Crippen molar-refractivity contribution < 1.29 is 19.1 Å². The molecule has 0 aromatic carbocycles. The van der Waals surface area contributed by atoms with Crippen molar-refractivity contribution in [2.75, 3.05) is 13.1 Å². The minimum absolute atomic E-state index is 0.118. The van der Waals surface area contributed by atoms with Gasteiger partial charge in [0.15, 0.2) is 0 Å². The van der Waals surface area contributed by atoms with E-state index in [0.717, 1.165) is 6.42 Å². The molecule has 5 heteroatoms. The van der Waals surface area contributed by atoms with Gasteiger partial charge in [-0.15, -0.1) is 0 Å². The van der Waals surface area contributed by atoms with Gasteiger partial charge in [0.05, 0.1) is 11.8 Å². The van der Waals surface area contributed by atoms with E-state index < -0.39 is 5.97 Å². The van der Waals surface area contributed by atoms with Crippen molar-refractivity contribution >= 4 is 11.9 Å². The van der Waals surface area contributed by atoms with Gasteiger partial charge < -0.3 is 14.4 Å². The zero-order chi connectivity index (χ0) is 14.2. The largest absolute Gasteiger partial charge is 0.481 e. The summed E-state index contributed by atoms with van der Waals surface area (Å²) in [7, 11) is 0. The smallest absolute Gasteiger partial charge is 0.311 e. The highest BCUT2D eigenvalue weighted by molar-refractivity contribution is 5.97. The minimum Gasteiger partial charge on any atom is -0.481 e. The molecule has 0 aliphatic carbocycles. The van der Waals surface area contributed by atoms with Crippen molar-refractivity contribution in [2.24, 2.45) is 5.41 Å². The van der Waals surface area contributed by atoms with Gasteiger partial charge >= 0.3 is 5.97 Å². The number of hydrogen-bond donors (Lipinski definition) is 1. The first-order valence-corrected chi connectivity index (χ1v) is 6.38. The molecule has 1 aliphatic heterocycles. The average molecular weight is 265 g/mol. The molecule has 1 aromatic heterocycles. The Morgan fingerprint density at radius 3 is 2.68 bits per heavy atom. The second-order valence-corrected chi connectivity index (χ2v) is 5.93. The topological polar surface area (TPSA) is 70.7 Å². The van der Waals surface area contributed by atoms with Gasteiger partial charge in [-0.3, -0.25) is 9.59 Å². The molecule has 1 saturated heterocycles. The number of carboxylic acids is 1. The van der Waals surface area contributed by atoms with E-state index in [0.29, 0.717) is 24.2 Å². The normalized spacial score (nSPS) is 17.7. The maximum Gasteiger partial charge on any atom is 0.311 e. The summed E-state index contributed by atoms with van der Waals surface area (Å²) < 4.78 is 5.21. The molecule has 0 spiro atoms. The van der Waals surface area contributed by atoms with Crippen LogP contribution in [0.2, 0.25) is 0 Å². The Kier molecular flexibility index (Phi) is 3.39. The number of amides is 1. The van der Waals surface area contributed by atoms with E-state index in [4.69, 9.17) is 9.52 Å². The molecular weight excluding hydrogens is 246 g/mol. The number of rotatable bonds is 3.